The fourth-order valence-corrected chi connectivity index (χ4v) is 2.39. The Morgan fingerprint density at radius 2 is 2.20 bits per heavy atom. The van der Waals surface area contributed by atoms with Gasteiger partial charge in [0.1, 0.15) is 5.75 Å². The van der Waals surface area contributed by atoms with Crippen molar-refractivity contribution in [2.75, 3.05) is 19.8 Å². The standard InChI is InChI=1S/C14H18BrNO4/c15-13-2-1-12(7-10(13)8-17)20-9-14(18)16-11-3-5-19-6-4-11/h1-2,7,11,17H,3-6,8-9H2,(H,16,18). The third-order valence-electron chi connectivity index (χ3n) is 3.14. The van der Waals surface area contributed by atoms with Gasteiger partial charge in [-0.3, -0.25) is 4.79 Å². The van der Waals surface area contributed by atoms with E-state index < -0.39 is 0 Å². The molecule has 0 bridgehead atoms. The van der Waals surface area contributed by atoms with Crippen molar-refractivity contribution in [2.45, 2.75) is 25.5 Å². The number of amides is 1. The summed E-state index contributed by atoms with van der Waals surface area (Å²) in [6.45, 7) is 1.28. The van der Waals surface area contributed by atoms with E-state index in [0.29, 0.717) is 19.0 Å². The summed E-state index contributed by atoms with van der Waals surface area (Å²) in [5, 5.41) is 12.1. The molecule has 1 aromatic rings. The first kappa shape index (κ1) is 15.3. The summed E-state index contributed by atoms with van der Waals surface area (Å²) in [7, 11) is 0. The van der Waals surface area contributed by atoms with Gasteiger partial charge in [0.25, 0.3) is 5.91 Å². The number of hydrogen-bond acceptors (Lipinski definition) is 4. The zero-order valence-corrected chi connectivity index (χ0v) is 12.7. The number of aliphatic hydroxyl groups is 1. The second kappa shape index (κ2) is 7.61. The van der Waals surface area contributed by atoms with Gasteiger partial charge in [-0.25, -0.2) is 0 Å². The number of halogens is 1. The molecule has 2 N–H and O–H groups in total. The van der Waals surface area contributed by atoms with E-state index in [2.05, 4.69) is 21.2 Å². The molecule has 110 valence electrons. The van der Waals surface area contributed by atoms with Gasteiger partial charge in [0.05, 0.1) is 6.61 Å². The van der Waals surface area contributed by atoms with Gasteiger partial charge >= 0.3 is 0 Å². The lowest BCUT2D eigenvalue weighted by molar-refractivity contribution is -0.124. The fraction of sp³-hybridized carbons (Fsp3) is 0.500. The van der Waals surface area contributed by atoms with Crippen LogP contribution in [0.5, 0.6) is 5.75 Å². The summed E-state index contributed by atoms with van der Waals surface area (Å²) in [6, 6.07) is 5.44. The van der Waals surface area contributed by atoms with E-state index in [9.17, 15) is 4.79 Å². The Bertz CT molecular complexity index is 460. The second-order valence-electron chi connectivity index (χ2n) is 4.65. The van der Waals surface area contributed by atoms with Crippen molar-refractivity contribution in [3.05, 3.63) is 28.2 Å². The van der Waals surface area contributed by atoms with Crippen LogP contribution in [-0.4, -0.2) is 36.9 Å². The molecule has 1 aromatic carbocycles. The van der Waals surface area contributed by atoms with Gasteiger partial charge in [-0.15, -0.1) is 0 Å². The molecule has 5 nitrogen and oxygen atoms in total. The van der Waals surface area contributed by atoms with Crippen molar-refractivity contribution in [1.82, 2.24) is 5.32 Å². The third kappa shape index (κ3) is 4.47. The van der Waals surface area contributed by atoms with Crippen molar-refractivity contribution in [2.24, 2.45) is 0 Å². The van der Waals surface area contributed by atoms with Crippen molar-refractivity contribution >= 4 is 21.8 Å². The van der Waals surface area contributed by atoms with Gasteiger partial charge < -0.3 is 19.9 Å². The molecule has 1 heterocycles. The molecule has 20 heavy (non-hydrogen) atoms. The van der Waals surface area contributed by atoms with Crippen LogP contribution in [0.25, 0.3) is 0 Å². The van der Waals surface area contributed by atoms with Crippen LogP contribution in [0, 0.1) is 0 Å². The molecule has 0 saturated carbocycles. The maximum Gasteiger partial charge on any atom is 0.258 e. The molecule has 1 saturated heterocycles. The summed E-state index contributed by atoms with van der Waals surface area (Å²) in [5.74, 6) is 0.435. The summed E-state index contributed by atoms with van der Waals surface area (Å²) in [6.07, 6.45) is 1.69. The maximum atomic E-state index is 11.8. The Kier molecular flexibility index (Phi) is 5.82. The molecular formula is C14H18BrNO4. The number of hydrogen-bond donors (Lipinski definition) is 2. The van der Waals surface area contributed by atoms with Gasteiger partial charge in [0.15, 0.2) is 6.61 Å². The molecule has 1 aliphatic heterocycles. The highest BCUT2D eigenvalue weighted by molar-refractivity contribution is 9.10. The van der Waals surface area contributed by atoms with Crippen LogP contribution in [0.2, 0.25) is 0 Å². The lowest BCUT2D eigenvalue weighted by Crippen LogP contribution is -2.41. The van der Waals surface area contributed by atoms with Crippen LogP contribution in [0.1, 0.15) is 18.4 Å². The molecule has 0 unspecified atom stereocenters. The maximum absolute atomic E-state index is 11.8. The Morgan fingerprint density at radius 1 is 1.45 bits per heavy atom. The molecule has 1 amide bonds. The number of carbonyl (C=O) groups is 1. The first-order valence-corrected chi connectivity index (χ1v) is 7.37. The molecule has 2 rings (SSSR count). The zero-order chi connectivity index (χ0) is 14.4. The van der Waals surface area contributed by atoms with Gasteiger partial charge in [0.2, 0.25) is 0 Å². The quantitative estimate of drug-likeness (QED) is 0.852. The van der Waals surface area contributed by atoms with E-state index in [0.717, 1.165) is 22.9 Å². The van der Waals surface area contributed by atoms with Gasteiger partial charge in [-0.05, 0) is 36.6 Å². The summed E-state index contributed by atoms with van der Waals surface area (Å²) < 4.78 is 11.5. The minimum absolute atomic E-state index is 0.0240. The summed E-state index contributed by atoms with van der Waals surface area (Å²) in [5.41, 5.74) is 0.729. The van der Waals surface area contributed by atoms with Gasteiger partial charge in [-0.2, -0.15) is 0 Å². The van der Waals surface area contributed by atoms with E-state index in [1.807, 2.05) is 0 Å². The van der Waals surface area contributed by atoms with E-state index in [1.54, 1.807) is 18.2 Å². The predicted molar refractivity (Wildman–Crippen MR) is 77.5 cm³/mol. The number of benzene rings is 1. The van der Waals surface area contributed by atoms with Crippen LogP contribution < -0.4 is 10.1 Å². The lowest BCUT2D eigenvalue weighted by Gasteiger charge is -2.23. The number of rotatable bonds is 5. The topological polar surface area (TPSA) is 67.8 Å². The number of ether oxygens (including phenoxy) is 2. The molecule has 0 aliphatic carbocycles. The lowest BCUT2D eigenvalue weighted by atomic mass is 10.1. The fourth-order valence-electron chi connectivity index (χ4n) is 2.02. The molecule has 6 heteroatoms. The largest absolute Gasteiger partial charge is 0.484 e. The van der Waals surface area contributed by atoms with E-state index in [-0.39, 0.29) is 25.2 Å². The van der Waals surface area contributed by atoms with Crippen molar-refractivity contribution < 1.29 is 19.4 Å². The minimum atomic E-state index is -0.134. The van der Waals surface area contributed by atoms with E-state index in [1.165, 1.54) is 0 Å². The summed E-state index contributed by atoms with van der Waals surface area (Å²) in [4.78, 5) is 11.8. The SMILES string of the molecule is O=C(COc1ccc(Br)c(CO)c1)NC1CCOCC1. The first-order valence-electron chi connectivity index (χ1n) is 6.58. The molecular weight excluding hydrogens is 326 g/mol. The first-order chi connectivity index (χ1) is 9.69. The predicted octanol–water partition coefficient (Wildman–Crippen LogP) is 1.62. The van der Waals surface area contributed by atoms with Crippen LogP contribution in [-0.2, 0) is 16.1 Å². The Labute approximate surface area is 126 Å². The van der Waals surface area contributed by atoms with Crippen molar-refractivity contribution in [3.8, 4) is 5.75 Å². The van der Waals surface area contributed by atoms with Crippen LogP contribution >= 0.6 is 15.9 Å². The van der Waals surface area contributed by atoms with Crippen molar-refractivity contribution in [3.63, 3.8) is 0 Å². The average molecular weight is 344 g/mol. The van der Waals surface area contributed by atoms with Gasteiger partial charge in [0, 0.05) is 23.7 Å². The van der Waals surface area contributed by atoms with Crippen molar-refractivity contribution in [1.29, 1.82) is 0 Å². The molecule has 0 radical (unpaired) electrons. The number of nitrogens with one attached hydrogen (secondary N) is 1. The Balaban J connectivity index is 1.80. The third-order valence-corrected chi connectivity index (χ3v) is 3.92. The Hall–Kier alpha value is -1.11. The molecule has 1 aliphatic rings. The molecule has 0 atom stereocenters. The smallest absolute Gasteiger partial charge is 0.258 e. The highest BCUT2D eigenvalue weighted by Gasteiger charge is 2.16. The Morgan fingerprint density at radius 3 is 2.90 bits per heavy atom. The number of aliphatic hydroxyl groups excluding tert-OH is 1. The summed E-state index contributed by atoms with van der Waals surface area (Å²) >= 11 is 3.33. The zero-order valence-electron chi connectivity index (χ0n) is 11.1. The monoisotopic (exact) mass is 343 g/mol. The molecule has 0 spiro atoms. The number of carbonyl (C=O) groups excluding carboxylic acids is 1. The highest BCUT2D eigenvalue weighted by atomic mass is 79.9. The van der Waals surface area contributed by atoms with Gasteiger partial charge in [-0.1, -0.05) is 15.9 Å². The van der Waals surface area contributed by atoms with E-state index in [4.69, 9.17) is 14.6 Å². The molecule has 1 fully saturated rings. The van der Waals surface area contributed by atoms with Crippen LogP contribution in [0.4, 0.5) is 0 Å². The van der Waals surface area contributed by atoms with Crippen LogP contribution in [0.3, 0.4) is 0 Å². The van der Waals surface area contributed by atoms with Crippen LogP contribution in [0.15, 0.2) is 22.7 Å². The minimum Gasteiger partial charge on any atom is -0.484 e. The second-order valence-corrected chi connectivity index (χ2v) is 5.51. The average Bonchev–Trinajstić information content (AvgIpc) is 2.47. The molecule has 0 aromatic heterocycles. The normalized spacial score (nSPS) is 15.9. The van der Waals surface area contributed by atoms with E-state index >= 15 is 0 Å². The highest BCUT2D eigenvalue weighted by Crippen LogP contribution is 2.22.